The molecule has 8 heteroatoms. The lowest BCUT2D eigenvalue weighted by molar-refractivity contribution is -0.148. The molecular weight excluding hydrogens is 330 g/mol. The summed E-state index contributed by atoms with van der Waals surface area (Å²) < 4.78 is 40.9. The van der Waals surface area contributed by atoms with Gasteiger partial charge in [0.2, 0.25) is 0 Å². The number of hydrogen-bond donors (Lipinski definition) is 0. The van der Waals surface area contributed by atoms with Crippen molar-refractivity contribution in [2.75, 3.05) is 26.3 Å². The highest BCUT2D eigenvalue weighted by atomic mass is 32.2. The van der Waals surface area contributed by atoms with Crippen LogP contribution in [0.4, 0.5) is 0 Å². The van der Waals surface area contributed by atoms with Gasteiger partial charge in [0.1, 0.15) is 0 Å². The lowest BCUT2D eigenvalue weighted by Crippen LogP contribution is -2.58. The minimum absolute atomic E-state index is 0.0696. The first-order valence-electron chi connectivity index (χ1n) is 8.55. The topological polar surface area (TPSA) is 73.7 Å². The third-order valence-electron chi connectivity index (χ3n) is 4.94. The molecule has 2 saturated heterocycles. The minimum atomic E-state index is -3.58. The normalized spacial score (nSPS) is 28.9. The summed E-state index contributed by atoms with van der Waals surface area (Å²) in [6.07, 6.45) is 5.82. The van der Waals surface area contributed by atoms with Gasteiger partial charge in [0.05, 0.1) is 25.1 Å². The van der Waals surface area contributed by atoms with Gasteiger partial charge in [-0.3, -0.25) is 0 Å². The van der Waals surface area contributed by atoms with Crippen LogP contribution in [-0.2, 0) is 26.5 Å². The Kier molecular flexibility index (Phi) is 5.01. The number of nitrogens with zero attached hydrogens (tertiary/aromatic N) is 3. The van der Waals surface area contributed by atoms with Gasteiger partial charge in [-0.2, -0.15) is 4.31 Å². The zero-order valence-corrected chi connectivity index (χ0v) is 15.5. The predicted octanol–water partition coefficient (Wildman–Crippen LogP) is 1.40. The average molecular weight is 357 g/mol. The number of rotatable bonds is 5. The van der Waals surface area contributed by atoms with E-state index in [9.17, 15) is 8.42 Å². The molecule has 2 atom stereocenters. The van der Waals surface area contributed by atoms with Crippen LogP contribution in [0.5, 0.6) is 0 Å². The summed E-state index contributed by atoms with van der Waals surface area (Å²) in [5.41, 5.74) is -0.261. The molecule has 0 aromatic carbocycles. The third-order valence-corrected chi connectivity index (χ3v) is 6.67. The van der Waals surface area contributed by atoms with E-state index in [1.54, 1.807) is 22.1 Å². The summed E-state index contributed by atoms with van der Waals surface area (Å²) >= 11 is 0. The molecule has 24 heavy (non-hydrogen) atoms. The number of ether oxygens (including phenoxy) is 2. The Morgan fingerprint density at radius 3 is 2.96 bits per heavy atom. The fraction of sp³-hybridized carbons (Fsp3) is 0.812. The van der Waals surface area contributed by atoms with E-state index in [0.29, 0.717) is 26.1 Å². The first-order valence-corrected chi connectivity index (χ1v) is 9.99. The van der Waals surface area contributed by atoms with Gasteiger partial charge in [0.15, 0.2) is 5.03 Å². The van der Waals surface area contributed by atoms with Crippen LogP contribution in [-0.4, -0.2) is 60.8 Å². The fourth-order valence-corrected chi connectivity index (χ4v) is 5.17. The van der Waals surface area contributed by atoms with Crippen LogP contribution in [0.15, 0.2) is 17.6 Å². The number of hydrogen-bond acceptors (Lipinski definition) is 5. The first-order chi connectivity index (χ1) is 11.3. The fourth-order valence-electron chi connectivity index (χ4n) is 3.65. The number of fused-ring (bicyclic) bond motifs is 1. The standard InChI is InChI=1S/C16H27N3O4S/c1-13(2)23-11-16-6-4-8-22-14(16)5-7-19(10-16)24(20,21)15-9-18(3)12-17-15/h9,12-14H,4-8,10-11H2,1-3H3/t14-,16-/m1/s1. The van der Waals surface area contributed by atoms with Gasteiger partial charge in [0, 0.05) is 38.4 Å². The van der Waals surface area contributed by atoms with Crippen LogP contribution >= 0.6 is 0 Å². The van der Waals surface area contributed by atoms with Crippen molar-refractivity contribution in [1.29, 1.82) is 0 Å². The van der Waals surface area contributed by atoms with Gasteiger partial charge >= 0.3 is 0 Å². The zero-order valence-electron chi connectivity index (χ0n) is 14.6. The molecule has 0 N–H and O–H groups in total. The molecule has 0 amide bonds. The van der Waals surface area contributed by atoms with Crippen LogP contribution < -0.4 is 0 Å². The van der Waals surface area contributed by atoms with E-state index in [-0.39, 0.29) is 22.6 Å². The SMILES string of the molecule is CC(C)OC[C@]12CCCO[C@@H]1CCN(S(=O)(=O)c1cn(C)cn1)C2. The molecule has 0 radical (unpaired) electrons. The van der Waals surface area contributed by atoms with Gasteiger partial charge < -0.3 is 14.0 Å². The second-order valence-corrected chi connectivity index (χ2v) is 9.07. The molecule has 2 aliphatic rings. The molecule has 0 aliphatic carbocycles. The Balaban J connectivity index is 1.84. The van der Waals surface area contributed by atoms with Crippen molar-refractivity contribution < 1.29 is 17.9 Å². The number of sulfonamides is 1. The van der Waals surface area contributed by atoms with Gasteiger partial charge in [-0.15, -0.1) is 0 Å². The molecule has 1 aromatic rings. The molecule has 3 rings (SSSR count). The van der Waals surface area contributed by atoms with Gasteiger partial charge in [-0.1, -0.05) is 0 Å². The Morgan fingerprint density at radius 1 is 1.50 bits per heavy atom. The Bertz CT molecular complexity index is 673. The molecule has 136 valence electrons. The number of aryl methyl sites for hydroxylation is 1. The molecular formula is C16H27N3O4S. The molecule has 0 spiro atoms. The minimum Gasteiger partial charge on any atom is -0.378 e. The lowest BCUT2D eigenvalue weighted by Gasteiger charge is -2.49. The van der Waals surface area contributed by atoms with E-state index in [4.69, 9.17) is 9.47 Å². The van der Waals surface area contributed by atoms with Crippen LogP contribution in [0.25, 0.3) is 0 Å². The molecule has 0 saturated carbocycles. The summed E-state index contributed by atoms with van der Waals surface area (Å²) in [7, 11) is -1.81. The maximum atomic E-state index is 12.9. The highest BCUT2D eigenvalue weighted by molar-refractivity contribution is 7.89. The van der Waals surface area contributed by atoms with E-state index < -0.39 is 10.0 Å². The lowest BCUT2D eigenvalue weighted by atomic mass is 9.73. The summed E-state index contributed by atoms with van der Waals surface area (Å²) in [5, 5.41) is 0.111. The maximum Gasteiger partial charge on any atom is 0.262 e. The quantitative estimate of drug-likeness (QED) is 0.796. The van der Waals surface area contributed by atoms with Crippen molar-refractivity contribution in [3.8, 4) is 0 Å². The third kappa shape index (κ3) is 3.37. The monoisotopic (exact) mass is 357 g/mol. The predicted molar refractivity (Wildman–Crippen MR) is 89.1 cm³/mol. The molecule has 0 bridgehead atoms. The van der Waals surface area contributed by atoms with Crippen molar-refractivity contribution in [2.45, 2.75) is 50.3 Å². The molecule has 2 fully saturated rings. The molecule has 7 nitrogen and oxygen atoms in total. The van der Waals surface area contributed by atoms with Crippen molar-refractivity contribution >= 4 is 10.0 Å². The Hall–Kier alpha value is -0.960. The number of imidazole rings is 1. The van der Waals surface area contributed by atoms with E-state index >= 15 is 0 Å². The summed E-state index contributed by atoms with van der Waals surface area (Å²) in [5.74, 6) is 0. The molecule has 3 heterocycles. The van der Waals surface area contributed by atoms with Crippen LogP contribution in [0, 0.1) is 5.41 Å². The van der Waals surface area contributed by atoms with Gasteiger partial charge in [-0.25, -0.2) is 13.4 Å². The van der Waals surface area contributed by atoms with E-state index in [1.165, 1.54) is 6.33 Å². The van der Waals surface area contributed by atoms with Crippen molar-refractivity contribution in [2.24, 2.45) is 12.5 Å². The number of piperidine rings is 1. The molecule has 0 unspecified atom stereocenters. The van der Waals surface area contributed by atoms with Crippen LogP contribution in [0.2, 0.25) is 0 Å². The van der Waals surface area contributed by atoms with Crippen molar-refractivity contribution in [3.05, 3.63) is 12.5 Å². The molecule has 2 aliphatic heterocycles. The number of aromatic nitrogens is 2. The zero-order chi connectivity index (χ0) is 17.4. The first kappa shape index (κ1) is 17.8. The van der Waals surface area contributed by atoms with Crippen LogP contribution in [0.1, 0.15) is 33.1 Å². The summed E-state index contributed by atoms with van der Waals surface area (Å²) in [6.45, 7) is 6.18. The van der Waals surface area contributed by atoms with E-state index in [2.05, 4.69) is 4.98 Å². The van der Waals surface area contributed by atoms with Crippen molar-refractivity contribution in [3.63, 3.8) is 0 Å². The van der Waals surface area contributed by atoms with Crippen molar-refractivity contribution in [1.82, 2.24) is 13.9 Å². The Labute approximate surface area is 144 Å². The summed E-state index contributed by atoms with van der Waals surface area (Å²) in [4.78, 5) is 4.03. The van der Waals surface area contributed by atoms with Crippen LogP contribution in [0.3, 0.4) is 0 Å². The second-order valence-electron chi connectivity index (χ2n) is 7.19. The van der Waals surface area contributed by atoms with Gasteiger partial charge in [-0.05, 0) is 33.1 Å². The largest absolute Gasteiger partial charge is 0.378 e. The maximum absolute atomic E-state index is 12.9. The average Bonchev–Trinajstić information content (AvgIpc) is 3.00. The highest BCUT2D eigenvalue weighted by Crippen LogP contribution is 2.42. The summed E-state index contributed by atoms with van der Waals surface area (Å²) in [6, 6.07) is 0. The molecule has 1 aromatic heterocycles. The van der Waals surface area contributed by atoms with Gasteiger partial charge in [0.25, 0.3) is 10.0 Å². The van der Waals surface area contributed by atoms with E-state index in [0.717, 1.165) is 19.4 Å². The van der Waals surface area contributed by atoms with E-state index in [1.807, 2.05) is 13.8 Å². The smallest absolute Gasteiger partial charge is 0.262 e. The highest BCUT2D eigenvalue weighted by Gasteiger charge is 2.49. The Morgan fingerprint density at radius 2 is 2.29 bits per heavy atom. The second kappa shape index (κ2) is 6.74.